The van der Waals surface area contributed by atoms with Crippen LogP contribution in [-0.4, -0.2) is 17.6 Å². The van der Waals surface area contributed by atoms with E-state index in [2.05, 4.69) is 33.0 Å². The monoisotopic (exact) mass is 270 g/mol. The Morgan fingerprint density at radius 3 is 2.56 bits per heavy atom. The molecule has 104 valence electrons. The lowest BCUT2D eigenvalue weighted by Gasteiger charge is -2.07. The molecule has 0 fully saturated rings. The van der Waals surface area contributed by atoms with Crippen LogP contribution in [0.25, 0.3) is 0 Å². The Bertz CT molecular complexity index is 350. The molecule has 1 aromatic rings. The van der Waals surface area contributed by atoms with Crippen molar-refractivity contribution < 1.29 is 4.74 Å². The molecule has 0 aliphatic carbocycles. The first-order valence-corrected chi connectivity index (χ1v) is 7.73. The number of ether oxygens (including phenoxy) is 1. The molecule has 0 spiro atoms. The van der Waals surface area contributed by atoms with Crippen LogP contribution in [0.4, 0.5) is 0 Å². The van der Waals surface area contributed by atoms with Gasteiger partial charge in [-0.25, -0.2) is 4.98 Å². The molecule has 1 atom stereocenters. The first-order chi connectivity index (χ1) is 8.58. The number of thiazole rings is 1. The van der Waals surface area contributed by atoms with Gasteiger partial charge in [0, 0.05) is 24.1 Å². The fraction of sp³-hybridized carbons (Fsp3) is 0.786. The van der Waals surface area contributed by atoms with Crippen LogP contribution in [0.2, 0.25) is 0 Å². The standard InChI is InChI=1S/C14H26N2OS/c1-6-8-12-13(9-15-10(3)4)18-14(16-12)11(5)17-7-2/h10-11,15H,6-9H2,1-5H3. The minimum atomic E-state index is 0.114. The van der Waals surface area contributed by atoms with Crippen molar-refractivity contribution in [1.82, 2.24) is 10.3 Å². The molecular formula is C14H26N2OS. The molecule has 1 rings (SSSR count). The highest BCUT2D eigenvalue weighted by Crippen LogP contribution is 2.27. The second-order valence-corrected chi connectivity index (χ2v) is 5.92. The predicted octanol–water partition coefficient (Wildman–Crippen LogP) is 3.69. The van der Waals surface area contributed by atoms with E-state index >= 15 is 0 Å². The Morgan fingerprint density at radius 1 is 1.28 bits per heavy atom. The van der Waals surface area contributed by atoms with Crippen molar-refractivity contribution >= 4 is 11.3 Å². The van der Waals surface area contributed by atoms with Gasteiger partial charge in [-0.1, -0.05) is 27.2 Å². The molecule has 1 unspecified atom stereocenters. The van der Waals surface area contributed by atoms with Crippen LogP contribution >= 0.6 is 11.3 Å². The second-order valence-electron chi connectivity index (χ2n) is 4.81. The molecule has 4 heteroatoms. The normalized spacial score (nSPS) is 13.2. The molecule has 0 saturated heterocycles. The topological polar surface area (TPSA) is 34.1 Å². The van der Waals surface area contributed by atoms with Gasteiger partial charge in [-0.2, -0.15) is 0 Å². The molecule has 0 aliphatic rings. The van der Waals surface area contributed by atoms with Gasteiger partial charge < -0.3 is 10.1 Å². The summed E-state index contributed by atoms with van der Waals surface area (Å²) in [6.45, 7) is 12.3. The number of aromatic nitrogens is 1. The van der Waals surface area contributed by atoms with Gasteiger partial charge in [-0.05, 0) is 20.3 Å². The van der Waals surface area contributed by atoms with E-state index in [1.165, 1.54) is 10.6 Å². The van der Waals surface area contributed by atoms with E-state index < -0.39 is 0 Å². The van der Waals surface area contributed by atoms with Crippen LogP contribution in [0.5, 0.6) is 0 Å². The molecule has 0 amide bonds. The highest BCUT2D eigenvalue weighted by molar-refractivity contribution is 7.11. The largest absolute Gasteiger partial charge is 0.372 e. The van der Waals surface area contributed by atoms with Crippen molar-refractivity contribution in [2.24, 2.45) is 0 Å². The zero-order valence-corrected chi connectivity index (χ0v) is 13.1. The maximum Gasteiger partial charge on any atom is 0.122 e. The van der Waals surface area contributed by atoms with Gasteiger partial charge in [0.05, 0.1) is 5.69 Å². The highest BCUT2D eigenvalue weighted by atomic mass is 32.1. The Balaban J connectivity index is 2.79. The summed E-state index contributed by atoms with van der Waals surface area (Å²) in [7, 11) is 0. The maximum atomic E-state index is 5.63. The second kappa shape index (κ2) is 7.87. The van der Waals surface area contributed by atoms with Gasteiger partial charge in [-0.15, -0.1) is 11.3 Å². The van der Waals surface area contributed by atoms with Crippen molar-refractivity contribution in [3.8, 4) is 0 Å². The van der Waals surface area contributed by atoms with E-state index in [4.69, 9.17) is 9.72 Å². The molecule has 0 aromatic carbocycles. The molecule has 0 bridgehead atoms. The third-order valence-electron chi connectivity index (χ3n) is 2.72. The minimum absolute atomic E-state index is 0.114. The van der Waals surface area contributed by atoms with E-state index in [9.17, 15) is 0 Å². The lowest BCUT2D eigenvalue weighted by atomic mass is 10.2. The fourth-order valence-electron chi connectivity index (χ4n) is 1.77. The van der Waals surface area contributed by atoms with E-state index in [1.54, 1.807) is 11.3 Å². The first kappa shape index (κ1) is 15.6. The first-order valence-electron chi connectivity index (χ1n) is 6.91. The van der Waals surface area contributed by atoms with Crippen LogP contribution in [0, 0.1) is 0 Å². The summed E-state index contributed by atoms with van der Waals surface area (Å²) < 4.78 is 5.63. The summed E-state index contributed by atoms with van der Waals surface area (Å²) in [5.74, 6) is 0. The van der Waals surface area contributed by atoms with Crippen molar-refractivity contribution in [3.63, 3.8) is 0 Å². The number of hydrogen-bond donors (Lipinski definition) is 1. The van der Waals surface area contributed by atoms with Gasteiger partial charge in [0.15, 0.2) is 0 Å². The molecule has 1 aromatic heterocycles. The SMILES string of the molecule is CCCc1nc(C(C)OCC)sc1CNC(C)C. The average molecular weight is 270 g/mol. The van der Waals surface area contributed by atoms with Gasteiger partial charge in [0.25, 0.3) is 0 Å². The number of rotatable bonds is 8. The van der Waals surface area contributed by atoms with Crippen LogP contribution in [0.1, 0.15) is 62.7 Å². The molecule has 0 radical (unpaired) electrons. The summed E-state index contributed by atoms with van der Waals surface area (Å²) in [5.41, 5.74) is 1.25. The van der Waals surface area contributed by atoms with Gasteiger partial charge in [-0.3, -0.25) is 0 Å². The third-order valence-corrected chi connectivity index (χ3v) is 3.98. The lowest BCUT2D eigenvalue weighted by molar-refractivity contribution is 0.0761. The van der Waals surface area contributed by atoms with E-state index in [1.807, 2.05) is 6.92 Å². The van der Waals surface area contributed by atoms with E-state index in [0.29, 0.717) is 6.04 Å². The minimum Gasteiger partial charge on any atom is -0.372 e. The van der Waals surface area contributed by atoms with Crippen molar-refractivity contribution in [2.45, 2.75) is 66.2 Å². The molecule has 3 nitrogen and oxygen atoms in total. The zero-order chi connectivity index (χ0) is 13.5. The highest BCUT2D eigenvalue weighted by Gasteiger charge is 2.15. The molecule has 1 heterocycles. The number of nitrogens with one attached hydrogen (secondary N) is 1. The predicted molar refractivity (Wildman–Crippen MR) is 78.1 cm³/mol. The maximum absolute atomic E-state index is 5.63. The van der Waals surface area contributed by atoms with Crippen molar-refractivity contribution in [2.75, 3.05) is 6.61 Å². The average Bonchev–Trinajstić information content (AvgIpc) is 2.71. The Kier molecular flexibility index (Phi) is 6.82. The van der Waals surface area contributed by atoms with E-state index in [0.717, 1.165) is 31.0 Å². The number of aryl methyl sites for hydroxylation is 1. The summed E-state index contributed by atoms with van der Waals surface area (Å²) in [6, 6.07) is 0.509. The number of hydrogen-bond acceptors (Lipinski definition) is 4. The van der Waals surface area contributed by atoms with Crippen LogP contribution in [0.3, 0.4) is 0 Å². The molecular weight excluding hydrogens is 244 g/mol. The zero-order valence-electron chi connectivity index (χ0n) is 12.2. The van der Waals surface area contributed by atoms with Crippen molar-refractivity contribution in [3.05, 3.63) is 15.6 Å². The Morgan fingerprint density at radius 2 is 2.00 bits per heavy atom. The van der Waals surface area contributed by atoms with Crippen LogP contribution in [-0.2, 0) is 17.7 Å². The summed E-state index contributed by atoms with van der Waals surface area (Å²) in [6.07, 6.45) is 2.31. The Labute approximate surface area is 115 Å². The summed E-state index contributed by atoms with van der Waals surface area (Å²) in [4.78, 5) is 6.12. The van der Waals surface area contributed by atoms with Crippen molar-refractivity contribution in [1.29, 1.82) is 0 Å². The molecule has 18 heavy (non-hydrogen) atoms. The van der Waals surface area contributed by atoms with Crippen LogP contribution in [0.15, 0.2) is 0 Å². The molecule has 1 N–H and O–H groups in total. The molecule has 0 saturated carbocycles. The number of nitrogens with zero attached hydrogens (tertiary/aromatic N) is 1. The quantitative estimate of drug-likeness (QED) is 0.782. The third kappa shape index (κ3) is 4.67. The van der Waals surface area contributed by atoms with Gasteiger partial charge >= 0.3 is 0 Å². The fourth-order valence-corrected chi connectivity index (χ4v) is 2.83. The van der Waals surface area contributed by atoms with E-state index in [-0.39, 0.29) is 6.10 Å². The summed E-state index contributed by atoms with van der Waals surface area (Å²) in [5, 5.41) is 4.59. The smallest absolute Gasteiger partial charge is 0.122 e. The van der Waals surface area contributed by atoms with Gasteiger partial charge in [0.1, 0.15) is 11.1 Å². The Hall–Kier alpha value is -0.450. The van der Waals surface area contributed by atoms with Crippen LogP contribution < -0.4 is 5.32 Å². The van der Waals surface area contributed by atoms with Gasteiger partial charge in [0.2, 0.25) is 0 Å². The lowest BCUT2D eigenvalue weighted by Crippen LogP contribution is -2.21. The summed E-state index contributed by atoms with van der Waals surface area (Å²) >= 11 is 1.79. The molecule has 0 aliphatic heterocycles.